The molecule has 3 atom stereocenters. The highest BCUT2D eigenvalue weighted by molar-refractivity contribution is 5.86. The minimum Gasteiger partial charge on any atom is -0.378 e. The first-order valence-corrected chi connectivity index (χ1v) is 5.95. The molecule has 3 unspecified atom stereocenters. The fraction of sp³-hybridized carbons (Fsp3) is 0.909. The van der Waals surface area contributed by atoms with E-state index in [-0.39, 0.29) is 18.6 Å². The number of amides is 1. The van der Waals surface area contributed by atoms with E-state index >= 15 is 0 Å². The predicted octanol–water partition coefficient (Wildman–Crippen LogP) is 1.20. The summed E-state index contributed by atoms with van der Waals surface area (Å²) in [6.45, 7) is 3.36. The van der Waals surface area contributed by atoms with E-state index in [2.05, 4.69) is 5.32 Å². The molecule has 0 aromatic heterocycles. The van der Waals surface area contributed by atoms with Crippen molar-refractivity contribution in [2.45, 2.75) is 44.5 Å². The van der Waals surface area contributed by atoms with Gasteiger partial charge in [0.2, 0.25) is 5.91 Å². The van der Waals surface area contributed by atoms with Gasteiger partial charge in [-0.15, -0.1) is 0 Å². The monoisotopic (exact) mass is 268 g/mol. The summed E-state index contributed by atoms with van der Waals surface area (Å²) >= 11 is 0. The minimum atomic E-state index is -4.76. The molecule has 1 saturated heterocycles. The van der Waals surface area contributed by atoms with Gasteiger partial charge in [-0.2, -0.15) is 13.2 Å². The summed E-state index contributed by atoms with van der Waals surface area (Å²) in [6, 6.07) is 0. The highest BCUT2D eigenvalue weighted by Gasteiger charge is 2.53. The van der Waals surface area contributed by atoms with Crippen LogP contribution in [0.2, 0.25) is 0 Å². The molecular formula is C11H19F3N2O2. The van der Waals surface area contributed by atoms with Crippen molar-refractivity contribution in [2.75, 3.05) is 13.2 Å². The van der Waals surface area contributed by atoms with Gasteiger partial charge in [-0.05, 0) is 19.8 Å². The molecule has 1 aliphatic rings. The zero-order valence-corrected chi connectivity index (χ0v) is 10.5. The van der Waals surface area contributed by atoms with Crippen LogP contribution in [0.5, 0.6) is 0 Å². The van der Waals surface area contributed by atoms with E-state index in [1.54, 1.807) is 0 Å². The van der Waals surface area contributed by atoms with Crippen molar-refractivity contribution in [1.29, 1.82) is 0 Å². The smallest absolute Gasteiger partial charge is 0.378 e. The number of alkyl halides is 3. The van der Waals surface area contributed by atoms with Gasteiger partial charge in [0.25, 0.3) is 0 Å². The standard InChI is InChI=1S/C11H19F3N2O2/c1-3-8-7(4-5-18-8)6-16-9(17)10(2,15)11(12,13)14/h7-8H,3-6,15H2,1-2H3,(H,16,17). The van der Waals surface area contributed by atoms with Gasteiger partial charge >= 0.3 is 6.18 Å². The second kappa shape index (κ2) is 5.44. The Morgan fingerprint density at radius 1 is 1.50 bits per heavy atom. The molecule has 0 bridgehead atoms. The van der Waals surface area contributed by atoms with E-state index in [1.807, 2.05) is 6.92 Å². The Bertz CT molecular complexity index is 305. The summed E-state index contributed by atoms with van der Waals surface area (Å²) in [5.41, 5.74) is 2.17. The van der Waals surface area contributed by atoms with Crippen LogP contribution in [0.3, 0.4) is 0 Å². The van der Waals surface area contributed by atoms with E-state index in [4.69, 9.17) is 10.5 Å². The number of hydrogen-bond acceptors (Lipinski definition) is 3. The zero-order valence-electron chi connectivity index (χ0n) is 10.5. The average molecular weight is 268 g/mol. The number of rotatable bonds is 4. The van der Waals surface area contributed by atoms with E-state index in [1.165, 1.54) is 0 Å². The second-order valence-corrected chi connectivity index (χ2v) is 4.78. The fourth-order valence-electron chi connectivity index (χ4n) is 1.91. The molecule has 18 heavy (non-hydrogen) atoms. The highest BCUT2D eigenvalue weighted by atomic mass is 19.4. The number of ether oxygens (including phenoxy) is 1. The van der Waals surface area contributed by atoms with Crippen molar-refractivity contribution in [3.63, 3.8) is 0 Å². The first-order chi connectivity index (χ1) is 8.20. The normalized spacial score (nSPS) is 27.9. The van der Waals surface area contributed by atoms with Crippen LogP contribution in [0.1, 0.15) is 26.7 Å². The number of carbonyl (C=O) groups is 1. The molecule has 1 aliphatic heterocycles. The van der Waals surface area contributed by atoms with Gasteiger partial charge in [0.15, 0.2) is 5.54 Å². The lowest BCUT2D eigenvalue weighted by molar-refractivity contribution is -0.187. The van der Waals surface area contributed by atoms with Crippen molar-refractivity contribution < 1.29 is 22.7 Å². The van der Waals surface area contributed by atoms with Crippen LogP contribution in [0, 0.1) is 5.92 Å². The Hall–Kier alpha value is -0.820. The molecule has 0 spiro atoms. The van der Waals surface area contributed by atoms with Gasteiger partial charge in [0.1, 0.15) is 0 Å². The van der Waals surface area contributed by atoms with Gasteiger partial charge < -0.3 is 15.8 Å². The van der Waals surface area contributed by atoms with E-state index < -0.39 is 17.6 Å². The lowest BCUT2D eigenvalue weighted by atomic mass is 9.98. The van der Waals surface area contributed by atoms with Crippen LogP contribution >= 0.6 is 0 Å². The third-order valence-corrected chi connectivity index (χ3v) is 3.33. The van der Waals surface area contributed by atoms with Crippen LogP contribution in [0.25, 0.3) is 0 Å². The first-order valence-electron chi connectivity index (χ1n) is 5.95. The van der Waals surface area contributed by atoms with E-state index in [0.717, 1.165) is 12.8 Å². The average Bonchev–Trinajstić information content (AvgIpc) is 2.71. The molecule has 3 N–H and O–H groups in total. The van der Waals surface area contributed by atoms with Crippen molar-refractivity contribution >= 4 is 5.91 Å². The van der Waals surface area contributed by atoms with Crippen molar-refractivity contribution in [3.05, 3.63) is 0 Å². The molecular weight excluding hydrogens is 249 g/mol. The highest BCUT2D eigenvalue weighted by Crippen LogP contribution is 2.28. The molecule has 1 rings (SSSR count). The third kappa shape index (κ3) is 3.14. The third-order valence-electron chi connectivity index (χ3n) is 3.33. The summed E-state index contributed by atoms with van der Waals surface area (Å²) in [4.78, 5) is 11.5. The maximum atomic E-state index is 12.5. The van der Waals surface area contributed by atoms with Crippen LogP contribution in [0.4, 0.5) is 13.2 Å². The van der Waals surface area contributed by atoms with Crippen LogP contribution in [-0.2, 0) is 9.53 Å². The molecule has 1 heterocycles. The number of halogens is 3. The molecule has 106 valence electrons. The van der Waals surface area contributed by atoms with Gasteiger partial charge in [-0.25, -0.2) is 0 Å². The molecule has 1 amide bonds. The van der Waals surface area contributed by atoms with Gasteiger partial charge in [-0.3, -0.25) is 4.79 Å². The number of hydrogen-bond donors (Lipinski definition) is 2. The Morgan fingerprint density at radius 2 is 2.11 bits per heavy atom. The van der Waals surface area contributed by atoms with Crippen molar-refractivity contribution in [2.24, 2.45) is 11.7 Å². The fourth-order valence-corrected chi connectivity index (χ4v) is 1.91. The molecule has 0 radical (unpaired) electrons. The summed E-state index contributed by atoms with van der Waals surface area (Å²) in [5, 5.41) is 2.27. The Morgan fingerprint density at radius 3 is 2.61 bits per heavy atom. The quantitative estimate of drug-likeness (QED) is 0.805. The molecule has 1 fully saturated rings. The maximum absolute atomic E-state index is 12.5. The molecule has 4 nitrogen and oxygen atoms in total. The topological polar surface area (TPSA) is 64.3 Å². The van der Waals surface area contributed by atoms with Gasteiger partial charge in [0, 0.05) is 19.1 Å². The van der Waals surface area contributed by atoms with Crippen LogP contribution in [0.15, 0.2) is 0 Å². The lowest BCUT2D eigenvalue weighted by Crippen LogP contribution is -2.61. The largest absolute Gasteiger partial charge is 0.415 e. The van der Waals surface area contributed by atoms with E-state index in [0.29, 0.717) is 13.5 Å². The number of nitrogens with two attached hydrogens (primary N) is 1. The first kappa shape index (κ1) is 15.2. The summed E-state index contributed by atoms with van der Waals surface area (Å²) in [7, 11) is 0. The van der Waals surface area contributed by atoms with Crippen LogP contribution < -0.4 is 11.1 Å². The minimum absolute atomic E-state index is 0.000201. The number of carbonyl (C=O) groups excluding carboxylic acids is 1. The van der Waals surface area contributed by atoms with Crippen molar-refractivity contribution in [1.82, 2.24) is 5.32 Å². The molecule has 0 aromatic rings. The molecule has 0 aliphatic carbocycles. The zero-order chi connectivity index (χ0) is 14.0. The Balaban J connectivity index is 2.51. The summed E-state index contributed by atoms with van der Waals surface area (Å²) in [6.07, 6.45) is -3.24. The maximum Gasteiger partial charge on any atom is 0.415 e. The lowest BCUT2D eigenvalue weighted by Gasteiger charge is -2.27. The van der Waals surface area contributed by atoms with Crippen molar-refractivity contribution in [3.8, 4) is 0 Å². The predicted molar refractivity (Wildman–Crippen MR) is 59.8 cm³/mol. The van der Waals surface area contributed by atoms with Gasteiger partial charge in [-0.1, -0.05) is 6.92 Å². The Labute approximate surface area is 104 Å². The molecule has 0 saturated carbocycles. The number of nitrogens with one attached hydrogen (secondary N) is 1. The van der Waals surface area contributed by atoms with E-state index in [9.17, 15) is 18.0 Å². The molecule has 0 aromatic carbocycles. The Kier molecular flexibility index (Phi) is 4.61. The second-order valence-electron chi connectivity index (χ2n) is 4.78. The summed E-state index contributed by atoms with van der Waals surface area (Å²) < 4.78 is 42.9. The summed E-state index contributed by atoms with van der Waals surface area (Å²) in [5.74, 6) is -1.14. The molecule has 7 heteroatoms. The van der Waals surface area contributed by atoms with Gasteiger partial charge in [0.05, 0.1) is 6.10 Å². The SMILES string of the molecule is CCC1OCCC1CNC(=O)C(C)(N)C(F)(F)F. The van der Waals surface area contributed by atoms with Crippen LogP contribution in [-0.4, -0.2) is 36.9 Å².